The largest absolute Gasteiger partial charge is 0.466 e. The van der Waals surface area contributed by atoms with Crippen LogP contribution in [0, 0.1) is 16.0 Å². The van der Waals surface area contributed by atoms with Gasteiger partial charge in [0.2, 0.25) is 0 Å². The van der Waals surface area contributed by atoms with Crippen molar-refractivity contribution < 1.29 is 24.0 Å². The molecule has 0 fully saturated rings. The summed E-state index contributed by atoms with van der Waals surface area (Å²) < 4.78 is 4.70. The van der Waals surface area contributed by atoms with Crippen LogP contribution in [0.3, 0.4) is 0 Å². The fourth-order valence-corrected chi connectivity index (χ4v) is 3.10. The van der Waals surface area contributed by atoms with Crippen LogP contribution < -0.4 is 0 Å². The lowest BCUT2D eigenvalue weighted by atomic mass is 9.75. The molecule has 0 saturated heterocycles. The number of carbonyl (C=O) groups excluding carboxylic acids is 3. The molecule has 2 aromatic carbocycles. The van der Waals surface area contributed by atoms with E-state index in [1.165, 1.54) is 43.3 Å². The number of nitrogens with zero attached hydrogens (tertiary/aromatic N) is 1. The topological polar surface area (TPSA) is 104 Å². The minimum Gasteiger partial charge on any atom is -0.466 e. The van der Waals surface area contributed by atoms with E-state index in [1.807, 2.05) is 0 Å². The Balaban J connectivity index is 2.70. The van der Waals surface area contributed by atoms with Gasteiger partial charge >= 0.3 is 5.97 Å². The average Bonchev–Trinajstić information content (AvgIpc) is 2.70. The number of ether oxygens (including phenoxy) is 1. The van der Waals surface area contributed by atoms with Gasteiger partial charge in [-0.1, -0.05) is 55.1 Å². The Kier molecular flexibility index (Phi) is 6.55. The maximum atomic E-state index is 13.1. The van der Waals surface area contributed by atoms with Crippen molar-refractivity contribution in [2.24, 2.45) is 5.92 Å². The van der Waals surface area contributed by atoms with Crippen molar-refractivity contribution in [3.8, 4) is 0 Å². The maximum absolute atomic E-state index is 13.1. The number of nitro groups is 1. The first-order chi connectivity index (χ1) is 13.3. The molecular formula is C21H19NO6. The highest BCUT2D eigenvalue weighted by molar-refractivity contribution is 6.12. The molecule has 0 heterocycles. The quantitative estimate of drug-likeness (QED) is 0.173. The Bertz CT molecular complexity index is 935. The van der Waals surface area contributed by atoms with Crippen LogP contribution in [-0.2, 0) is 14.3 Å². The molecule has 2 aromatic rings. The molecule has 28 heavy (non-hydrogen) atoms. The number of hydrogen-bond donors (Lipinski definition) is 0. The Hall–Kier alpha value is -3.61. The van der Waals surface area contributed by atoms with Gasteiger partial charge in [0.15, 0.2) is 5.78 Å². The molecule has 0 aromatic heterocycles. The Morgan fingerprint density at radius 3 is 2.14 bits per heavy atom. The third-order valence-corrected chi connectivity index (χ3v) is 4.40. The van der Waals surface area contributed by atoms with E-state index in [9.17, 15) is 24.5 Å². The predicted octanol–water partition coefficient (Wildman–Crippen LogP) is 3.50. The second kappa shape index (κ2) is 8.85. The summed E-state index contributed by atoms with van der Waals surface area (Å²) in [5, 5.41) is 11.5. The third kappa shape index (κ3) is 4.20. The SMILES string of the molecule is C=C(C(=O)OC)C(c1ccccc1[N+](=O)[O-])C(C(C)=O)C(=O)c1ccccc1. The van der Waals surface area contributed by atoms with Crippen LogP contribution in [0.5, 0.6) is 0 Å². The molecule has 2 rings (SSSR count). The monoisotopic (exact) mass is 381 g/mol. The molecule has 0 N–H and O–H groups in total. The normalized spacial score (nSPS) is 12.5. The summed E-state index contributed by atoms with van der Waals surface area (Å²) in [7, 11) is 1.13. The lowest BCUT2D eigenvalue weighted by molar-refractivity contribution is -0.385. The number of carbonyl (C=O) groups is 3. The van der Waals surface area contributed by atoms with Crippen molar-refractivity contribution in [3.05, 3.63) is 88.0 Å². The second-order valence-electron chi connectivity index (χ2n) is 6.13. The highest BCUT2D eigenvalue weighted by atomic mass is 16.6. The summed E-state index contributed by atoms with van der Waals surface area (Å²) in [6, 6.07) is 13.7. The van der Waals surface area contributed by atoms with Gasteiger partial charge in [-0.05, 0) is 6.92 Å². The van der Waals surface area contributed by atoms with Crippen molar-refractivity contribution in [2.45, 2.75) is 12.8 Å². The van der Waals surface area contributed by atoms with Crippen molar-refractivity contribution >= 4 is 23.2 Å². The van der Waals surface area contributed by atoms with Gasteiger partial charge in [0.25, 0.3) is 5.69 Å². The van der Waals surface area contributed by atoms with Gasteiger partial charge in [-0.2, -0.15) is 0 Å². The zero-order valence-corrected chi connectivity index (χ0v) is 15.5. The molecule has 7 nitrogen and oxygen atoms in total. The van der Waals surface area contributed by atoms with Crippen molar-refractivity contribution in [1.29, 1.82) is 0 Å². The third-order valence-electron chi connectivity index (χ3n) is 4.40. The zero-order valence-electron chi connectivity index (χ0n) is 15.5. The molecule has 2 unspecified atom stereocenters. The van der Waals surface area contributed by atoms with Gasteiger partial charge in [0.05, 0.1) is 18.0 Å². The van der Waals surface area contributed by atoms with Gasteiger partial charge < -0.3 is 4.74 Å². The Morgan fingerprint density at radius 1 is 1.04 bits per heavy atom. The molecule has 0 aliphatic rings. The first-order valence-electron chi connectivity index (χ1n) is 8.39. The van der Waals surface area contributed by atoms with Crippen LogP contribution >= 0.6 is 0 Å². The number of rotatable bonds is 8. The number of Topliss-reactive ketones (excluding diaryl/α,β-unsaturated/α-hetero) is 2. The molecule has 0 aliphatic heterocycles. The van der Waals surface area contributed by atoms with E-state index in [4.69, 9.17) is 4.74 Å². The molecule has 144 valence electrons. The lowest BCUT2D eigenvalue weighted by Gasteiger charge is -2.25. The first kappa shape index (κ1) is 20.7. The number of nitro benzene ring substituents is 1. The standard InChI is InChI=1S/C21H19NO6/c1-13(21(25)28-3)18(16-11-7-8-12-17(16)22(26)27)19(14(2)23)20(24)15-9-5-4-6-10-15/h4-12,18-19H,1H2,2-3H3. The molecule has 0 bridgehead atoms. The van der Waals surface area contributed by atoms with Gasteiger partial charge in [0, 0.05) is 28.7 Å². The fourth-order valence-electron chi connectivity index (χ4n) is 3.10. The Morgan fingerprint density at radius 2 is 1.61 bits per heavy atom. The lowest BCUT2D eigenvalue weighted by Crippen LogP contribution is -2.32. The zero-order chi connectivity index (χ0) is 20.8. The van der Waals surface area contributed by atoms with E-state index in [0.717, 1.165) is 7.11 Å². The average molecular weight is 381 g/mol. The van der Waals surface area contributed by atoms with Gasteiger partial charge in [0.1, 0.15) is 5.78 Å². The van der Waals surface area contributed by atoms with Crippen molar-refractivity contribution in [1.82, 2.24) is 0 Å². The summed E-state index contributed by atoms with van der Waals surface area (Å²) in [5.74, 6) is -4.55. The highest BCUT2D eigenvalue weighted by Gasteiger charge is 2.40. The van der Waals surface area contributed by atoms with Crippen LogP contribution in [0.15, 0.2) is 66.7 Å². The van der Waals surface area contributed by atoms with Crippen LogP contribution in [0.25, 0.3) is 0 Å². The number of ketones is 2. The van der Waals surface area contributed by atoms with Gasteiger partial charge in [-0.25, -0.2) is 4.79 Å². The first-order valence-corrected chi connectivity index (χ1v) is 8.39. The van der Waals surface area contributed by atoms with Crippen LogP contribution in [0.1, 0.15) is 28.8 Å². The van der Waals surface area contributed by atoms with E-state index in [1.54, 1.807) is 18.2 Å². The number of esters is 1. The Labute approximate surface area is 161 Å². The number of para-hydroxylation sites is 1. The van der Waals surface area contributed by atoms with E-state index in [0.29, 0.717) is 0 Å². The molecule has 0 saturated carbocycles. The minimum atomic E-state index is -1.37. The van der Waals surface area contributed by atoms with E-state index in [2.05, 4.69) is 6.58 Å². The summed E-state index contributed by atoms with van der Waals surface area (Å²) in [6.45, 7) is 4.89. The van der Waals surface area contributed by atoms with Gasteiger partial charge in [-0.3, -0.25) is 19.7 Å². The molecule has 7 heteroatoms. The minimum absolute atomic E-state index is 0.0485. The molecule has 0 radical (unpaired) electrons. The van der Waals surface area contributed by atoms with E-state index in [-0.39, 0.29) is 22.4 Å². The summed E-state index contributed by atoms with van der Waals surface area (Å²) in [6.07, 6.45) is 0. The van der Waals surface area contributed by atoms with E-state index >= 15 is 0 Å². The molecule has 2 atom stereocenters. The molecule has 0 spiro atoms. The van der Waals surface area contributed by atoms with Crippen LogP contribution in [0.4, 0.5) is 5.69 Å². The highest BCUT2D eigenvalue weighted by Crippen LogP contribution is 2.39. The number of hydrogen-bond acceptors (Lipinski definition) is 6. The van der Waals surface area contributed by atoms with E-state index < -0.39 is 34.3 Å². The fraction of sp³-hybridized carbons (Fsp3) is 0.190. The van der Waals surface area contributed by atoms with Gasteiger partial charge in [-0.15, -0.1) is 0 Å². The number of methoxy groups -OCH3 is 1. The number of benzene rings is 2. The maximum Gasteiger partial charge on any atom is 0.333 e. The molecule has 0 amide bonds. The second-order valence-corrected chi connectivity index (χ2v) is 6.13. The predicted molar refractivity (Wildman–Crippen MR) is 102 cm³/mol. The molecular weight excluding hydrogens is 362 g/mol. The summed E-state index contributed by atoms with van der Waals surface area (Å²) in [4.78, 5) is 48.7. The smallest absolute Gasteiger partial charge is 0.333 e. The van der Waals surface area contributed by atoms with Crippen LogP contribution in [-0.4, -0.2) is 29.6 Å². The van der Waals surface area contributed by atoms with Crippen molar-refractivity contribution in [2.75, 3.05) is 7.11 Å². The molecule has 0 aliphatic carbocycles. The van der Waals surface area contributed by atoms with Crippen molar-refractivity contribution in [3.63, 3.8) is 0 Å². The van der Waals surface area contributed by atoms with Crippen LogP contribution in [0.2, 0.25) is 0 Å². The summed E-state index contributed by atoms with van der Waals surface area (Å²) in [5.41, 5.74) is -0.220. The summed E-state index contributed by atoms with van der Waals surface area (Å²) >= 11 is 0.